The SMILES string of the molecule is CC(=S)NC(c1nc2cc(C)ccc2o1)c1c(O)c(=O)cc(C)n1C. The second-order valence-electron chi connectivity index (χ2n) is 6.10. The molecule has 0 saturated heterocycles. The molecule has 3 aromatic rings. The molecule has 0 aliphatic carbocycles. The molecule has 0 radical (unpaired) electrons. The van der Waals surface area contributed by atoms with Crippen molar-refractivity contribution in [1.29, 1.82) is 0 Å². The highest BCUT2D eigenvalue weighted by molar-refractivity contribution is 7.80. The van der Waals surface area contributed by atoms with Gasteiger partial charge in [0.05, 0.1) is 10.7 Å². The molecular formula is C18H19N3O3S. The minimum atomic E-state index is -0.678. The summed E-state index contributed by atoms with van der Waals surface area (Å²) in [4.78, 5) is 17.1. The maximum absolute atomic E-state index is 12.1. The van der Waals surface area contributed by atoms with Gasteiger partial charge in [-0.2, -0.15) is 0 Å². The van der Waals surface area contributed by atoms with E-state index in [4.69, 9.17) is 16.6 Å². The van der Waals surface area contributed by atoms with Crippen LogP contribution in [0.5, 0.6) is 5.75 Å². The fraction of sp³-hybridized carbons (Fsp3) is 0.278. The van der Waals surface area contributed by atoms with Crippen LogP contribution in [0.2, 0.25) is 0 Å². The molecule has 2 heterocycles. The second-order valence-corrected chi connectivity index (χ2v) is 6.71. The molecule has 2 N–H and O–H groups in total. The Labute approximate surface area is 150 Å². The first kappa shape index (κ1) is 17.2. The van der Waals surface area contributed by atoms with Crippen molar-refractivity contribution in [3.8, 4) is 5.75 Å². The highest BCUT2D eigenvalue weighted by Crippen LogP contribution is 2.30. The number of aryl methyl sites for hydroxylation is 2. The molecule has 0 aliphatic rings. The smallest absolute Gasteiger partial charge is 0.224 e. The Morgan fingerprint density at radius 2 is 2.08 bits per heavy atom. The van der Waals surface area contributed by atoms with Crippen LogP contribution < -0.4 is 10.7 Å². The van der Waals surface area contributed by atoms with E-state index in [1.807, 2.05) is 25.1 Å². The van der Waals surface area contributed by atoms with Crippen molar-refractivity contribution in [2.75, 3.05) is 0 Å². The Hall–Kier alpha value is -2.67. The summed E-state index contributed by atoms with van der Waals surface area (Å²) >= 11 is 5.18. The molecule has 2 aromatic heterocycles. The quantitative estimate of drug-likeness (QED) is 0.702. The summed E-state index contributed by atoms with van der Waals surface area (Å²) in [5, 5.41) is 13.5. The third-order valence-electron chi connectivity index (χ3n) is 4.13. The van der Waals surface area contributed by atoms with Gasteiger partial charge in [0.1, 0.15) is 11.6 Å². The van der Waals surface area contributed by atoms with E-state index in [0.717, 1.165) is 5.56 Å². The number of benzene rings is 1. The van der Waals surface area contributed by atoms with Crippen LogP contribution in [-0.2, 0) is 7.05 Å². The lowest BCUT2D eigenvalue weighted by atomic mass is 10.1. The number of hydrogen-bond acceptors (Lipinski definition) is 5. The normalized spacial score (nSPS) is 12.3. The number of fused-ring (bicyclic) bond motifs is 1. The first-order valence-corrected chi connectivity index (χ1v) is 8.22. The van der Waals surface area contributed by atoms with Crippen LogP contribution in [0.4, 0.5) is 0 Å². The second kappa shape index (κ2) is 6.33. The van der Waals surface area contributed by atoms with Gasteiger partial charge in [-0.3, -0.25) is 4.79 Å². The summed E-state index contributed by atoms with van der Waals surface area (Å²) < 4.78 is 7.60. The largest absolute Gasteiger partial charge is 0.503 e. The first-order valence-electron chi connectivity index (χ1n) is 7.81. The van der Waals surface area contributed by atoms with Gasteiger partial charge in [-0.25, -0.2) is 4.98 Å². The molecule has 0 fully saturated rings. The number of thiocarbonyl (C=S) groups is 1. The minimum Gasteiger partial charge on any atom is -0.503 e. The van der Waals surface area contributed by atoms with E-state index in [1.165, 1.54) is 6.07 Å². The standard InChI is InChI=1S/C18H19N3O3S/c1-9-5-6-14-12(7-9)20-18(24-14)15(19-11(3)25)16-17(23)13(22)8-10(2)21(16)4/h5-8,15,23H,1-4H3,(H,19,25). The molecule has 1 atom stereocenters. The van der Waals surface area contributed by atoms with Crippen molar-refractivity contribution in [2.45, 2.75) is 26.8 Å². The summed E-state index contributed by atoms with van der Waals surface area (Å²) in [5.74, 6) is -0.0130. The van der Waals surface area contributed by atoms with E-state index in [0.29, 0.717) is 33.4 Å². The highest BCUT2D eigenvalue weighted by atomic mass is 32.1. The summed E-state index contributed by atoms with van der Waals surface area (Å²) in [6.07, 6.45) is 0. The lowest BCUT2D eigenvalue weighted by Gasteiger charge is -2.21. The Morgan fingerprint density at radius 3 is 2.76 bits per heavy atom. The van der Waals surface area contributed by atoms with Gasteiger partial charge in [0.2, 0.25) is 11.3 Å². The van der Waals surface area contributed by atoms with Crippen molar-refractivity contribution in [2.24, 2.45) is 7.05 Å². The van der Waals surface area contributed by atoms with Crippen LogP contribution in [0.15, 0.2) is 33.5 Å². The van der Waals surface area contributed by atoms with Crippen molar-refractivity contribution in [3.05, 3.63) is 57.3 Å². The van der Waals surface area contributed by atoms with E-state index in [2.05, 4.69) is 10.3 Å². The molecule has 7 heteroatoms. The Morgan fingerprint density at radius 1 is 1.36 bits per heavy atom. The average Bonchev–Trinajstić information content (AvgIpc) is 2.94. The van der Waals surface area contributed by atoms with Gasteiger partial charge >= 0.3 is 0 Å². The molecule has 0 spiro atoms. The summed E-state index contributed by atoms with van der Waals surface area (Å²) in [7, 11) is 1.77. The molecule has 0 bridgehead atoms. The van der Waals surface area contributed by atoms with Crippen molar-refractivity contribution in [1.82, 2.24) is 14.9 Å². The third kappa shape index (κ3) is 3.15. The molecule has 6 nitrogen and oxygen atoms in total. The van der Waals surface area contributed by atoms with Crippen molar-refractivity contribution < 1.29 is 9.52 Å². The fourth-order valence-corrected chi connectivity index (χ4v) is 2.91. The van der Waals surface area contributed by atoms with Crippen molar-refractivity contribution in [3.63, 3.8) is 0 Å². The number of aromatic hydroxyl groups is 1. The van der Waals surface area contributed by atoms with Gasteiger partial charge in [0, 0.05) is 18.8 Å². The first-order chi connectivity index (χ1) is 11.8. The number of oxazole rings is 1. The van der Waals surface area contributed by atoms with Crippen LogP contribution in [0.1, 0.15) is 35.8 Å². The van der Waals surface area contributed by atoms with E-state index in [-0.39, 0.29) is 5.75 Å². The van der Waals surface area contributed by atoms with Crippen LogP contribution in [-0.4, -0.2) is 19.6 Å². The number of nitrogens with one attached hydrogen (secondary N) is 1. The molecule has 1 unspecified atom stereocenters. The Bertz CT molecular complexity index is 1040. The van der Waals surface area contributed by atoms with E-state index >= 15 is 0 Å². The van der Waals surface area contributed by atoms with Gasteiger partial charge in [-0.15, -0.1) is 0 Å². The molecule has 3 rings (SSSR count). The third-order valence-corrected chi connectivity index (χ3v) is 4.25. The fourth-order valence-electron chi connectivity index (χ4n) is 2.79. The Balaban J connectivity index is 2.25. The number of aromatic nitrogens is 2. The topological polar surface area (TPSA) is 80.3 Å². The van der Waals surface area contributed by atoms with E-state index < -0.39 is 11.5 Å². The van der Waals surface area contributed by atoms with E-state index in [9.17, 15) is 9.90 Å². The number of rotatable bonds is 3. The predicted molar refractivity (Wildman–Crippen MR) is 100 cm³/mol. The number of hydrogen-bond donors (Lipinski definition) is 2. The molecule has 0 amide bonds. The molecular weight excluding hydrogens is 338 g/mol. The molecule has 1 aromatic carbocycles. The van der Waals surface area contributed by atoms with Crippen LogP contribution in [0.3, 0.4) is 0 Å². The van der Waals surface area contributed by atoms with Gasteiger partial charge in [0.25, 0.3) is 0 Å². The zero-order valence-electron chi connectivity index (χ0n) is 14.5. The zero-order valence-corrected chi connectivity index (χ0v) is 15.3. The van der Waals surface area contributed by atoms with Crippen LogP contribution >= 0.6 is 12.2 Å². The lowest BCUT2D eigenvalue weighted by Crippen LogP contribution is -2.30. The molecule has 25 heavy (non-hydrogen) atoms. The van der Waals surface area contributed by atoms with Crippen LogP contribution in [0, 0.1) is 13.8 Å². The molecule has 0 aliphatic heterocycles. The summed E-state index contributed by atoms with van der Waals surface area (Å²) in [6, 6.07) is 6.40. The average molecular weight is 357 g/mol. The monoisotopic (exact) mass is 357 g/mol. The zero-order chi connectivity index (χ0) is 18.3. The highest BCUT2D eigenvalue weighted by Gasteiger charge is 2.27. The summed E-state index contributed by atoms with van der Waals surface area (Å²) in [6.45, 7) is 5.49. The van der Waals surface area contributed by atoms with Gasteiger partial charge in [-0.1, -0.05) is 18.3 Å². The van der Waals surface area contributed by atoms with Gasteiger partial charge in [-0.05, 0) is 38.5 Å². The lowest BCUT2D eigenvalue weighted by molar-refractivity contribution is 0.421. The minimum absolute atomic E-state index is 0.334. The number of pyridine rings is 1. The van der Waals surface area contributed by atoms with E-state index in [1.54, 1.807) is 25.5 Å². The number of nitrogens with zero attached hydrogens (tertiary/aromatic N) is 2. The van der Waals surface area contributed by atoms with Crippen molar-refractivity contribution >= 4 is 28.3 Å². The van der Waals surface area contributed by atoms with Crippen LogP contribution in [0.25, 0.3) is 11.1 Å². The summed E-state index contributed by atoms with van der Waals surface area (Å²) in [5.41, 5.74) is 3.02. The maximum Gasteiger partial charge on any atom is 0.224 e. The van der Waals surface area contributed by atoms with Gasteiger partial charge in [0.15, 0.2) is 11.3 Å². The van der Waals surface area contributed by atoms with Gasteiger partial charge < -0.3 is 19.4 Å². The Kier molecular flexibility index (Phi) is 4.34. The maximum atomic E-state index is 12.1. The molecule has 130 valence electrons. The molecule has 0 saturated carbocycles. The predicted octanol–water partition coefficient (Wildman–Crippen LogP) is 2.88.